The van der Waals surface area contributed by atoms with Crippen molar-refractivity contribution in [2.75, 3.05) is 5.75 Å². The molecule has 0 saturated carbocycles. The SMILES string of the molecule is CC(C)OC(=O)c1ccccc1OC(=O)SCCC(=O)O. The first-order valence-corrected chi connectivity index (χ1v) is 7.25. The Morgan fingerprint density at radius 1 is 1.24 bits per heavy atom. The average molecular weight is 312 g/mol. The molecule has 1 rings (SSSR count). The van der Waals surface area contributed by atoms with Gasteiger partial charge < -0.3 is 14.6 Å². The van der Waals surface area contributed by atoms with Crippen molar-refractivity contribution in [2.24, 2.45) is 0 Å². The minimum atomic E-state index is -0.990. The molecule has 0 fully saturated rings. The highest BCUT2D eigenvalue weighted by atomic mass is 32.2. The highest BCUT2D eigenvalue weighted by Crippen LogP contribution is 2.22. The minimum Gasteiger partial charge on any atom is -0.481 e. The van der Waals surface area contributed by atoms with Crippen LogP contribution in [0.1, 0.15) is 30.6 Å². The van der Waals surface area contributed by atoms with Crippen LogP contribution < -0.4 is 4.74 Å². The number of benzene rings is 1. The van der Waals surface area contributed by atoms with E-state index in [0.717, 1.165) is 11.8 Å². The zero-order chi connectivity index (χ0) is 15.8. The summed E-state index contributed by atoms with van der Waals surface area (Å²) in [7, 11) is 0. The quantitative estimate of drug-likeness (QED) is 0.807. The molecular weight excluding hydrogens is 296 g/mol. The Bertz CT molecular complexity index is 526. The van der Waals surface area contributed by atoms with Gasteiger partial charge in [0.1, 0.15) is 11.3 Å². The Labute approximate surface area is 126 Å². The minimum absolute atomic E-state index is 0.0935. The van der Waals surface area contributed by atoms with Crippen molar-refractivity contribution < 1.29 is 29.0 Å². The molecule has 7 heteroatoms. The van der Waals surface area contributed by atoms with Gasteiger partial charge in [0.2, 0.25) is 0 Å². The monoisotopic (exact) mass is 312 g/mol. The van der Waals surface area contributed by atoms with Gasteiger partial charge in [0.25, 0.3) is 0 Å². The Balaban J connectivity index is 2.68. The molecule has 0 aliphatic heterocycles. The predicted molar refractivity (Wildman–Crippen MR) is 77.7 cm³/mol. The lowest BCUT2D eigenvalue weighted by atomic mass is 10.2. The van der Waals surface area contributed by atoms with Crippen LogP contribution in [0.4, 0.5) is 4.79 Å². The van der Waals surface area contributed by atoms with Crippen LogP contribution in [0.25, 0.3) is 0 Å². The third kappa shape index (κ3) is 6.31. The molecular formula is C14H16O6S. The number of hydrogen-bond acceptors (Lipinski definition) is 6. The number of carbonyl (C=O) groups excluding carboxylic acids is 2. The maximum Gasteiger partial charge on any atom is 0.372 e. The molecule has 21 heavy (non-hydrogen) atoms. The van der Waals surface area contributed by atoms with Gasteiger partial charge in [0.15, 0.2) is 0 Å². The lowest BCUT2D eigenvalue weighted by Crippen LogP contribution is -2.14. The van der Waals surface area contributed by atoms with E-state index in [1.54, 1.807) is 26.0 Å². The van der Waals surface area contributed by atoms with E-state index < -0.39 is 17.2 Å². The summed E-state index contributed by atoms with van der Waals surface area (Å²) >= 11 is 0.740. The zero-order valence-electron chi connectivity index (χ0n) is 11.7. The van der Waals surface area contributed by atoms with E-state index in [4.69, 9.17) is 14.6 Å². The standard InChI is InChI=1S/C14H16O6S/c1-9(2)19-13(17)10-5-3-4-6-11(10)20-14(18)21-8-7-12(15)16/h3-6,9H,7-8H2,1-2H3,(H,15,16). The number of carbonyl (C=O) groups is 3. The maximum atomic E-state index is 11.9. The van der Waals surface area contributed by atoms with Crippen molar-refractivity contribution in [3.63, 3.8) is 0 Å². The topological polar surface area (TPSA) is 89.9 Å². The second kappa shape index (κ2) is 8.31. The van der Waals surface area contributed by atoms with Crippen molar-refractivity contribution in [1.29, 1.82) is 0 Å². The molecule has 0 unspecified atom stereocenters. The lowest BCUT2D eigenvalue weighted by molar-refractivity contribution is -0.136. The zero-order valence-corrected chi connectivity index (χ0v) is 12.5. The Kier molecular flexibility index (Phi) is 6.74. The number of esters is 1. The molecule has 1 aromatic rings. The molecule has 0 aliphatic rings. The predicted octanol–water partition coefficient (Wildman–Crippen LogP) is 2.96. The van der Waals surface area contributed by atoms with Crippen LogP contribution in [0.15, 0.2) is 24.3 Å². The normalized spacial score (nSPS) is 10.2. The van der Waals surface area contributed by atoms with Crippen LogP contribution >= 0.6 is 11.8 Å². The van der Waals surface area contributed by atoms with Gasteiger partial charge in [-0.25, -0.2) is 9.59 Å². The molecule has 0 atom stereocenters. The molecule has 0 amide bonds. The van der Waals surface area contributed by atoms with Gasteiger partial charge in [-0.1, -0.05) is 12.1 Å². The van der Waals surface area contributed by atoms with Gasteiger partial charge in [-0.2, -0.15) is 0 Å². The smallest absolute Gasteiger partial charge is 0.372 e. The maximum absolute atomic E-state index is 11.9. The van der Waals surface area contributed by atoms with E-state index in [-0.39, 0.29) is 29.6 Å². The van der Waals surface area contributed by atoms with Crippen LogP contribution in [-0.2, 0) is 9.53 Å². The summed E-state index contributed by atoms with van der Waals surface area (Å²) in [6.45, 7) is 3.43. The van der Waals surface area contributed by atoms with Crippen LogP contribution in [0.3, 0.4) is 0 Å². The molecule has 1 aromatic carbocycles. The Morgan fingerprint density at radius 3 is 2.52 bits per heavy atom. The average Bonchev–Trinajstić information content (AvgIpc) is 2.37. The Hall–Kier alpha value is -2.02. The molecule has 0 aliphatic carbocycles. The van der Waals surface area contributed by atoms with Crippen molar-refractivity contribution in [1.82, 2.24) is 0 Å². The molecule has 114 valence electrons. The summed E-state index contributed by atoms with van der Waals surface area (Å²) in [5, 5.41) is 7.82. The third-order valence-electron chi connectivity index (χ3n) is 2.18. The van der Waals surface area contributed by atoms with Gasteiger partial charge in [-0.05, 0) is 37.7 Å². The molecule has 0 bridgehead atoms. The van der Waals surface area contributed by atoms with Crippen molar-refractivity contribution in [3.8, 4) is 5.75 Å². The molecule has 0 radical (unpaired) electrons. The van der Waals surface area contributed by atoms with E-state index >= 15 is 0 Å². The van der Waals surface area contributed by atoms with Gasteiger partial charge in [0, 0.05) is 5.75 Å². The highest BCUT2D eigenvalue weighted by molar-refractivity contribution is 8.13. The lowest BCUT2D eigenvalue weighted by Gasteiger charge is -2.11. The van der Waals surface area contributed by atoms with Crippen molar-refractivity contribution in [2.45, 2.75) is 26.4 Å². The van der Waals surface area contributed by atoms with E-state index in [0.29, 0.717) is 0 Å². The number of aliphatic carboxylic acids is 1. The van der Waals surface area contributed by atoms with Crippen LogP contribution in [0.2, 0.25) is 0 Å². The van der Waals surface area contributed by atoms with E-state index in [9.17, 15) is 14.4 Å². The summed E-state index contributed by atoms with van der Waals surface area (Å²) in [4.78, 5) is 33.8. The first-order valence-electron chi connectivity index (χ1n) is 6.26. The molecule has 6 nitrogen and oxygen atoms in total. The summed E-state index contributed by atoms with van der Waals surface area (Å²) < 4.78 is 10.1. The van der Waals surface area contributed by atoms with Crippen molar-refractivity contribution >= 4 is 29.0 Å². The largest absolute Gasteiger partial charge is 0.481 e. The first-order chi connectivity index (χ1) is 9.90. The van der Waals surface area contributed by atoms with E-state index in [2.05, 4.69) is 0 Å². The summed E-state index contributed by atoms with van der Waals surface area (Å²) in [6, 6.07) is 6.23. The van der Waals surface area contributed by atoms with Gasteiger partial charge in [-0.3, -0.25) is 4.79 Å². The van der Waals surface area contributed by atoms with Crippen LogP contribution in [0, 0.1) is 0 Å². The fraction of sp³-hybridized carbons (Fsp3) is 0.357. The van der Waals surface area contributed by atoms with E-state index in [1.165, 1.54) is 12.1 Å². The highest BCUT2D eigenvalue weighted by Gasteiger charge is 2.17. The molecule has 0 heterocycles. The number of carboxylic acids is 1. The molecule has 0 saturated heterocycles. The van der Waals surface area contributed by atoms with Crippen LogP contribution in [0.5, 0.6) is 5.75 Å². The molecule has 1 N–H and O–H groups in total. The van der Waals surface area contributed by atoms with Gasteiger partial charge in [-0.15, -0.1) is 0 Å². The second-order valence-corrected chi connectivity index (χ2v) is 5.32. The number of rotatable bonds is 6. The molecule has 0 aromatic heterocycles. The Morgan fingerprint density at radius 2 is 1.90 bits per heavy atom. The van der Waals surface area contributed by atoms with Gasteiger partial charge in [0.05, 0.1) is 12.5 Å². The summed E-state index contributed by atoms with van der Waals surface area (Å²) in [5.74, 6) is -1.37. The van der Waals surface area contributed by atoms with Crippen molar-refractivity contribution in [3.05, 3.63) is 29.8 Å². The number of hydrogen-bond donors (Lipinski definition) is 1. The van der Waals surface area contributed by atoms with E-state index in [1.807, 2.05) is 0 Å². The number of thioether (sulfide) groups is 1. The fourth-order valence-corrected chi connectivity index (χ4v) is 1.93. The second-order valence-electron chi connectivity index (χ2n) is 4.29. The first kappa shape index (κ1) is 17.0. The fourth-order valence-electron chi connectivity index (χ4n) is 1.34. The third-order valence-corrected chi connectivity index (χ3v) is 2.91. The van der Waals surface area contributed by atoms with Gasteiger partial charge >= 0.3 is 17.2 Å². The molecule has 0 spiro atoms. The summed E-state index contributed by atoms with van der Waals surface area (Å²) in [5.41, 5.74) is 0.151. The number of ether oxygens (including phenoxy) is 2. The summed E-state index contributed by atoms with van der Waals surface area (Å²) in [6.07, 6.45) is -0.428. The van der Waals surface area contributed by atoms with Crippen LogP contribution in [-0.4, -0.2) is 34.2 Å². The number of carboxylic acid groups (broad SMARTS) is 1. The number of para-hydroxylation sites is 1.